The van der Waals surface area contributed by atoms with Crippen molar-refractivity contribution in [2.75, 3.05) is 5.32 Å². The van der Waals surface area contributed by atoms with Gasteiger partial charge in [-0.3, -0.25) is 9.48 Å². The molecule has 3 N–H and O–H groups in total. The molecule has 0 aliphatic heterocycles. The zero-order valence-electron chi connectivity index (χ0n) is 12.8. The maximum absolute atomic E-state index is 11.1. The fourth-order valence-corrected chi connectivity index (χ4v) is 2.57. The van der Waals surface area contributed by atoms with Gasteiger partial charge in [0.25, 0.3) is 0 Å². The van der Waals surface area contributed by atoms with Crippen LogP contribution in [0.15, 0.2) is 55.0 Å². The predicted molar refractivity (Wildman–Crippen MR) is 92.9 cm³/mol. The van der Waals surface area contributed by atoms with Crippen LogP contribution in [0.1, 0.15) is 21.5 Å². The molecule has 0 radical (unpaired) electrons. The number of nitrogens with one attached hydrogen (secondary N) is 1. The molecule has 0 aliphatic rings. The first-order valence-corrected chi connectivity index (χ1v) is 7.74. The van der Waals surface area contributed by atoms with Crippen LogP contribution in [-0.2, 0) is 13.1 Å². The number of carbonyl (C=O) groups is 1. The van der Waals surface area contributed by atoms with E-state index in [2.05, 4.69) is 21.5 Å². The zero-order valence-corrected chi connectivity index (χ0v) is 13.6. The summed E-state index contributed by atoms with van der Waals surface area (Å²) in [5.41, 5.74) is 7.76. The van der Waals surface area contributed by atoms with E-state index in [-0.39, 0.29) is 5.56 Å². The summed E-state index contributed by atoms with van der Waals surface area (Å²) in [5, 5.41) is 7.78. The van der Waals surface area contributed by atoms with Crippen LogP contribution in [0.5, 0.6) is 0 Å². The minimum Gasteiger partial charge on any atom is -0.366 e. The average Bonchev–Trinajstić information content (AvgIpc) is 3.08. The first kappa shape index (κ1) is 16.0. The molecule has 0 aliphatic carbocycles. The van der Waals surface area contributed by atoms with Crippen LogP contribution in [0.2, 0.25) is 5.02 Å². The number of anilines is 1. The third-order valence-corrected chi connectivity index (χ3v) is 3.87. The van der Waals surface area contributed by atoms with Crippen LogP contribution < -0.4 is 11.1 Å². The molecule has 2 heterocycles. The van der Waals surface area contributed by atoms with Crippen molar-refractivity contribution in [2.24, 2.45) is 5.73 Å². The van der Waals surface area contributed by atoms with E-state index in [1.807, 2.05) is 35.1 Å². The largest absolute Gasteiger partial charge is 0.366 e. The van der Waals surface area contributed by atoms with Gasteiger partial charge < -0.3 is 11.1 Å². The molecule has 0 unspecified atom stereocenters. The lowest BCUT2D eigenvalue weighted by molar-refractivity contribution is 0.1000. The van der Waals surface area contributed by atoms with Crippen LogP contribution in [0, 0.1) is 0 Å². The molecule has 6 nitrogen and oxygen atoms in total. The number of hydrogen-bond donors (Lipinski definition) is 2. The fraction of sp³-hybridized carbons (Fsp3) is 0.118. The number of nitrogens with two attached hydrogens (primary N) is 1. The summed E-state index contributed by atoms with van der Waals surface area (Å²) < 4.78 is 1.87. The molecule has 0 fully saturated rings. The Balaban J connectivity index is 1.74. The smallest absolute Gasteiger partial charge is 0.250 e. The predicted octanol–water partition coefficient (Wildman–Crippen LogP) is 2.69. The Kier molecular flexibility index (Phi) is 4.77. The molecule has 122 valence electrons. The SMILES string of the molecule is NC(=O)c1cnc(NCc2ccccc2Cn2cccn2)c(Cl)c1. The molecule has 3 rings (SSSR count). The van der Waals surface area contributed by atoms with Crippen molar-refractivity contribution >= 4 is 23.3 Å². The lowest BCUT2D eigenvalue weighted by atomic mass is 10.1. The van der Waals surface area contributed by atoms with Crippen molar-refractivity contribution in [3.05, 3.63) is 76.7 Å². The van der Waals surface area contributed by atoms with E-state index in [1.165, 1.54) is 12.3 Å². The number of carbonyl (C=O) groups excluding carboxylic acids is 1. The summed E-state index contributed by atoms with van der Waals surface area (Å²) in [7, 11) is 0. The number of aromatic nitrogens is 3. The van der Waals surface area contributed by atoms with E-state index in [4.69, 9.17) is 17.3 Å². The third kappa shape index (κ3) is 3.72. The van der Waals surface area contributed by atoms with Crippen molar-refractivity contribution in [2.45, 2.75) is 13.1 Å². The minimum atomic E-state index is -0.555. The Morgan fingerprint density at radius 1 is 1.25 bits per heavy atom. The van der Waals surface area contributed by atoms with Crippen molar-refractivity contribution in [1.82, 2.24) is 14.8 Å². The van der Waals surface area contributed by atoms with Gasteiger partial charge in [0.15, 0.2) is 0 Å². The first-order chi connectivity index (χ1) is 11.6. The van der Waals surface area contributed by atoms with Crippen LogP contribution in [0.25, 0.3) is 0 Å². The van der Waals surface area contributed by atoms with Gasteiger partial charge >= 0.3 is 0 Å². The Morgan fingerprint density at radius 2 is 2.04 bits per heavy atom. The number of pyridine rings is 1. The summed E-state index contributed by atoms with van der Waals surface area (Å²) in [6, 6.07) is 11.5. The number of benzene rings is 1. The quantitative estimate of drug-likeness (QED) is 0.721. The van der Waals surface area contributed by atoms with Gasteiger partial charge in [-0.15, -0.1) is 0 Å². The van der Waals surface area contributed by atoms with Crippen molar-refractivity contribution < 1.29 is 4.79 Å². The molecule has 2 aromatic heterocycles. The molecule has 1 amide bonds. The molecule has 0 bridgehead atoms. The number of amides is 1. The third-order valence-electron chi connectivity index (χ3n) is 3.58. The van der Waals surface area contributed by atoms with Crippen molar-refractivity contribution in [1.29, 1.82) is 0 Å². The minimum absolute atomic E-state index is 0.282. The van der Waals surface area contributed by atoms with E-state index >= 15 is 0 Å². The molecular weight excluding hydrogens is 326 g/mol. The van der Waals surface area contributed by atoms with Gasteiger partial charge in [0.1, 0.15) is 5.82 Å². The summed E-state index contributed by atoms with van der Waals surface area (Å²) in [4.78, 5) is 15.3. The Bertz CT molecular complexity index is 848. The Labute approximate surface area is 144 Å². The van der Waals surface area contributed by atoms with E-state index in [9.17, 15) is 4.79 Å². The average molecular weight is 342 g/mol. The number of primary amides is 1. The van der Waals surface area contributed by atoms with E-state index in [0.717, 1.165) is 11.1 Å². The van der Waals surface area contributed by atoms with Gasteiger partial charge in [-0.25, -0.2) is 4.98 Å². The second-order valence-electron chi connectivity index (χ2n) is 5.24. The molecule has 7 heteroatoms. The van der Waals surface area contributed by atoms with E-state index in [0.29, 0.717) is 23.9 Å². The monoisotopic (exact) mass is 341 g/mol. The van der Waals surface area contributed by atoms with Gasteiger partial charge in [-0.2, -0.15) is 5.10 Å². The summed E-state index contributed by atoms with van der Waals surface area (Å²) in [6.45, 7) is 1.24. The van der Waals surface area contributed by atoms with Crippen molar-refractivity contribution in [3.8, 4) is 0 Å². The second kappa shape index (κ2) is 7.14. The second-order valence-corrected chi connectivity index (χ2v) is 5.65. The number of hydrogen-bond acceptors (Lipinski definition) is 4. The van der Waals surface area contributed by atoms with E-state index in [1.54, 1.807) is 6.20 Å². The highest BCUT2D eigenvalue weighted by atomic mass is 35.5. The maximum Gasteiger partial charge on any atom is 0.250 e. The molecule has 1 aromatic carbocycles. The molecule has 0 atom stereocenters. The highest BCUT2D eigenvalue weighted by molar-refractivity contribution is 6.33. The van der Waals surface area contributed by atoms with Gasteiger partial charge in [0, 0.05) is 25.1 Å². The van der Waals surface area contributed by atoms with Crippen LogP contribution >= 0.6 is 11.6 Å². The number of rotatable bonds is 6. The normalized spacial score (nSPS) is 10.5. The van der Waals surface area contributed by atoms with Crippen molar-refractivity contribution in [3.63, 3.8) is 0 Å². The Hall–Kier alpha value is -2.86. The van der Waals surface area contributed by atoms with Gasteiger partial charge in [-0.05, 0) is 23.3 Å². The summed E-state index contributed by atoms with van der Waals surface area (Å²) >= 11 is 6.15. The maximum atomic E-state index is 11.1. The molecule has 0 saturated carbocycles. The van der Waals surface area contributed by atoms with E-state index < -0.39 is 5.91 Å². The van der Waals surface area contributed by atoms with Crippen LogP contribution in [0.4, 0.5) is 5.82 Å². The molecule has 24 heavy (non-hydrogen) atoms. The highest BCUT2D eigenvalue weighted by Crippen LogP contribution is 2.21. The Morgan fingerprint density at radius 3 is 2.71 bits per heavy atom. The molecular formula is C17H16ClN5O. The van der Waals surface area contributed by atoms with Crippen LogP contribution in [-0.4, -0.2) is 20.7 Å². The van der Waals surface area contributed by atoms with Gasteiger partial charge in [-0.1, -0.05) is 35.9 Å². The van der Waals surface area contributed by atoms with Crippen LogP contribution in [0.3, 0.4) is 0 Å². The topological polar surface area (TPSA) is 85.8 Å². The first-order valence-electron chi connectivity index (χ1n) is 7.37. The zero-order chi connectivity index (χ0) is 16.9. The molecule has 0 spiro atoms. The van der Waals surface area contributed by atoms with Gasteiger partial charge in [0.2, 0.25) is 5.91 Å². The fourth-order valence-electron chi connectivity index (χ4n) is 2.33. The molecule has 0 saturated heterocycles. The lowest BCUT2D eigenvalue weighted by Crippen LogP contribution is -2.12. The highest BCUT2D eigenvalue weighted by Gasteiger charge is 2.08. The number of nitrogens with zero attached hydrogens (tertiary/aromatic N) is 3. The summed E-state index contributed by atoms with van der Waals surface area (Å²) in [6.07, 6.45) is 5.09. The van der Waals surface area contributed by atoms with Gasteiger partial charge in [0.05, 0.1) is 17.1 Å². The summed E-state index contributed by atoms with van der Waals surface area (Å²) in [5.74, 6) is -0.0453. The standard InChI is InChI=1S/C17H16ClN5O/c18-15-8-14(16(19)24)10-21-17(15)20-9-12-4-1-2-5-13(12)11-23-7-3-6-22-23/h1-8,10H,9,11H2,(H2,19,24)(H,20,21). The lowest BCUT2D eigenvalue weighted by Gasteiger charge is -2.12. The molecule has 3 aromatic rings. The number of halogens is 1.